The van der Waals surface area contributed by atoms with Crippen molar-refractivity contribution in [3.63, 3.8) is 0 Å². The first kappa shape index (κ1) is 17.1. The van der Waals surface area contributed by atoms with E-state index in [0.29, 0.717) is 5.88 Å². The summed E-state index contributed by atoms with van der Waals surface area (Å²) in [6.07, 6.45) is 0. The Hall–Kier alpha value is -2.30. The van der Waals surface area contributed by atoms with Crippen LogP contribution in [-0.4, -0.2) is 24.7 Å². The van der Waals surface area contributed by atoms with Gasteiger partial charge in [-0.1, -0.05) is 32.0 Å². The van der Waals surface area contributed by atoms with Gasteiger partial charge in [-0.2, -0.15) is 0 Å². The number of aryl methyl sites for hydroxylation is 2. The van der Waals surface area contributed by atoms with E-state index in [4.69, 9.17) is 4.52 Å². The molecule has 0 aliphatic heterocycles. The summed E-state index contributed by atoms with van der Waals surface area (Å²) >= 11 is 0. The summed E-state index contributed by atoms with van der Waals surface area (Å²) in [6.45, 7) is 10.5. The Morgan fingerprint density at radius 2 is 1.78 bits per heavy atom. The largest absolute Gasteiger partial charge is 0.365 e. The Morgan fingerprint density at radius 3 is 2.30 bits per heavy atom. The zero-order chi connectivity index (χ0) is 17.2. The Kier molecular flexibility index (Phi) is 4.78. The van der Waals surface area contributed by atoms with Crippen molar-refractivity contribution in [1.29, 1.82) is 0 Å². The maximum atomic E-state index is 12.2. The molecule has 0 atom stereocenters. The van der Waals surface area contributed by atoms with Crippen molar-refractivity contribution in [2.24, 2.45) is 0 Å². The molecule has 0 unspecified atom stereocenters. The van der Waals surface area contributed by atoms with E-state index in [-0.39, 0.29) is 17.9 Å². The zero-order valence-corrected chi connectivity index (χ0v) is 14.7. The molecule has 0 bridgehead atoms. The summed E-state index contributed by atoms with van der Waals surface area (Å²) < 4.78 is 5.19. The lowest BCUT2D eigenvalue weighted by molar-refractivity contribution is -0.115. The fraction of sp³-hybridized carbons (Fsp3) is 0.444. The number of carbonyl (C=O) groups excluding carboxylic acids is 1. The topological polar surface area (TPSA) is 58.4 Å². The number of amides is 1. The molecule has 0 aliphatic rings. The predicted octanol–water partition coefficient (Wildman–Crippen LogP) is 3.66. The first-order valence-electron chi connectivity index (χ1n) is 7.71. The third-order valence-corrected chi connectivity index (χ3v) is 3.57. The summed E-state index contributed by atoms with van der Waals surface area (Å²) in [6, 6.07) is 8.01. The molecule has 1 N–H and O–H groups in total. The van der Waals surface area contributed by atoms with Crippen LogP contribution in [0, 0.1) is 13.8 Å². The van der Waals surface area contributed by atoms with Crippen molar-refractivity contribution in [2.75, 3.05) is 23.8 Å². The molecule has 5 heteroatoms. The number of rotatable bonds is 4. The quantitative estimate of drug-likeness (QED) is 0.935. The number of anilines is 2. The second-order valence-electron chi connectivity index (χ2n) is 7.08. The molecule has 1 heterocycles. The van der Waals surface area contributed by atoms with Crippen LogP contribution in [-0.2, 0) is 10.2 Å². The third kappa shape index (κ3) is 4.58. The molecular formula is C18H25N3O2. The first-order chi connectivity index (χ1) is 10.6. The molecule has 1 aromatic carbocycles. The van der Waals surface area contributed by atoms with Crippen molar-refractivity contribution >= 4 is 17.5 Å². The van der Waals surface area contributed by atoms with Gasteiger partial charge in [-0.05, 0) is 37.1 Å². The Morgan fingerprint density at radius 1 is 1.17 bits per heavy atom. The average molecular weight is 315 g/mol. The number of nitrogens with one attached hydrogen (secondary N) is 1. The van der Waals surface area contributed by atoms with Crippen molar-refractivity contribution < 1.29 is 9.32 Å². The second-order valence-corrected chi connectivity index (χ2v) is 7.08. The number of nitrogens with zero attached hydrogens (tertiary/aromatic N) is 2. The van der Waals surface area contributed by atoms with E-state index in [0.717, 1.165) is 11.4 Å². The second kappa shape index (κ2) is 6.44. The van der Waals surface area contributed by atoms with Crippen LogP contribution in [0.2, 0.25) is 0 Å². The number of aromatic nitrogens is 1. The van der Waals surface area contributed by atoms with E-state index in [9.17, 15) is 4.79 Å². The van der Waals surface area contributed by atoms with E-state index in [1.165, 1.54) is 11.1 Å². The van der Waals surface area contributed by atoms with Crippen LogP contribution < -0.4 is 10.2 Å². The minimum atomic E-state index is -0.136. The van der Waals surface area contributed by atoms with Crippen molar-refractivity contribution in [1.82, 2.24) is 5.16 Å². The predicted molar refractivity (Wildman–Crippen MR) is 93.0 cm³/mol. The molecule has 124 valence electrons. The van der Waals surface area contributed by atoms with Gasteiger partial charge in [0, 0.05) is 24.2 Å². The third-order valence-electron chi connectivity index (χ3n) is 3.57. The van der Waals surface area contributed by atoms with E-state index in [1.807, 2.05) is 46.6 Å². The summed E-state index contributed by atoms with van der Waals surface area (Å²) in [4.78, 5) is 14.1. The Bertz CT molecular complexity index is 678. The molecule has 0 aliphatic carbocycles. The van der Waals surface area contributed by atoms with Crippen LogP contribution in [0.4, 0.5) is 11.6 Å². The fourth-order valence-corrected chi connectivity index (χ4v) is 2.34. The standard InChI is InChI=1S/C18H25N3O2/c1-12-7-13(2)9-14(8-12)21(6)11-16(22)19-17-10-15(20-23-17)18(3,4)5/h7-10H,11H2,1-6H3,(H,19,22). The van der Waals surface area contributed by atoms with Gasteiger partial charge in [0.05, 0.1) is 12.2 Å². The summed E-state index contributed by atoms with van der Waals surface area (Å²) in [5.41, 5.74) is 4.08. The minimum Gasteiger partial charge on any atom is -0.365 e. The highest BCUT2D eigenvalue weighted by Crippen LogP contribution is 2.23. The highest BCUT2D eigenvalue weighted by Gasteiger charge is 2.20. The zero-order valence-electron chi connectivity index (χ0n) is 14.7. The molecule has 0 saturated heterocycles. The number of hydrogen-bond acceptors (Lipinski definition) is 4. The molecule has 1 amide bonds. The average Bonchev–Trinajstić information content (AvgIpc) is 2.85. The normalized spacial score (nSPS) is 11.4. The van der Waals surface area contributed by atoms with Crippen LogP contribution >= 0.6 is 0 Å². The molecule has 2 rings (SSSR count). The number of carbonyl (C=O) groups is 1. The SMILES string of the molecule is Cc1cc(C)cc(N(C)CC(=O)Nc2cc(C(C)(C)C)no2)c1. The monoisotopic (exact) mass is 315 g/mol. The van der Waals surface area contributed by atoms with Gasteiger partial charge < -0.3 is 9.42 Å². The number of benzene rings is 1. The molecule has 0 radical (unpaired) electrons. The van der Waals surface area contributed by atoms with E-state index >= 15 is 0 Å². The van der Waals surface area contributed by atoms with Gasteiger partial charge in [0.25, 0.3) is 0 Å². The van der Waals surface area contributed by atoms with E-state index in [1.54, 1.807) is 6.07 Å². The van der Waals surface area contributed by atoms with Gasteiger partial charge in [-0.25, -0.2) is 0 Å². The summed E-state index contributed by atoms with van der Waals surface area (Å²) in [5, 5.41) is 6.75. The van der Waals surface area contributed by atoms with Gasteiger partial charge in [0.15, 0.2) is 0 Å². The Labute approximate surface area is 137 Å². The van der Waals surface area contributed by atoms with Crippen molar-refractivity contribution in [3.8, 4) is 0 Å². The van der Waals surface area contributed by atoms with Gasteiger partial charge in [0.2, 0.25) is 11.8 Å². The highest BCUT2D eigenvalue weighted by atomic mass is 16.5. The number of hydrogen-bond donors (Lipinski definition) is 1. The molecular weight excluding hydrogens is 290 g/mol. The lowest BCUT2D eigenvalue weighted by atomic mass is 9.92. The lowest BCUT2D eigenvalue weighted by Gasteiger charge is -2.19. The molecule has 0 saturated carbocycles. The van der Waals surface area contributed by atoms with Crippen LogP contribution in [0.15, 0.2) is 28.8 Å². The van der Waals surface area contributed by atoms with Crippen LogP contribution in [0.3, 0.4) is 0 Å². The maximum absolute atomic E-state index is 12.2. The molecule has 0 spiro atoms. The number of likely N-dealkylation sites (N-methyl/N-ethyl adjacent to an activating group) is 1. The smallest absolute Gasteiger partial charge is 0.246 e. The summed E-state index contributed by atoms with van der Waals surface area (Å²) in [5.74, 6) is 0.247. The molecule has 23 heavy (non-hydrogen) atoms. The van der Waals surface area contributed by atoms with E-state index in [2.05, 4.69) is 28.7 Å². The first-order valence-corrected chi connectivity index (χ1v) is 7.71. The molecule has 5 nitrogen and oxygen atoms in total. The van der Waals surface area contributed by atoms with Gasteiger partial charge >= 0.3 is 0 Å². The maximum Gasteiger partial charge on any atom is 0.246 e. The molecule has 1 aromatic heterocycles. The van der Waals surface area contributed by atoms with E-state index < -0.39 is 0 Å². The highest BCUT2D eigenvalue weighted by molar-refractivity contribution is 5.92. The minimum absolute atomic E-state index is 0.109. The van der Waals surface area contributed by atoms with Crippen molar-refractivity contribution in [3.05, 3.63) is 41.1 Å². The Balaban J connectivity index is 2.00. The van der Waals surface area contributed by atoms with Gasteiger partial charge in [-0.15, -0.1) is 0 Å². The molecule has 2 aromatic rings. The van der Waals surface area contributed by atoms with Gasteiger partial charge in [0.1, 0.15) is 0 Å². The van der Waals surface area contributed by atoms with Crippen LogP contribution in [0.5, 0.6) is 0 Å². The van der Waals surface area contributed by atoms with Gasteiger partial charge in [-0.3, -0.25) is 10.1 Å². The summed E-state index contributed by atoms with van der Waals surface area (Å²) in [7, 11) is 1.90. The lowest BCUT2D eigenvalue weighted by Crippen LogP contribution is -2.30. The fourth-order valence-electron chi connectivity index (χ4n) is 2.34. The molecule has 0 fully saturated rings. The van der Waals surface area contributed by atoms with Crippen LogP contribution in [0.1, 0.15) is 37.6 Å². The van der Waals surface area contributed by atoms with Crippen molar-refractivity contribution in [2.45, 2.75) is 40.0 Å². The van der Waals surface area contributed by atoms with Crippen LogP contribution in [0.25, 0.3) is 0 Å².